The summed E-state index contributed by atoms with van der Waals surface area (Å²) in [6.07, 6.45) is 78.0. The zero-order valence-electron chi connectivity index (χ0n) is 71.7. The SMILES string of the molecule is CCCCCCCCCCCCCCCCCCCCCCCC(=O)OC[C@H](COP(=O)(O)OC[C@@H](O)COP(=O)(O)OC[C@@H](COC(=O)CCCCCCCCC(C)CC)OC(=O)CCCCCCCCCCCCCCCCCCC)OC(=O)CCCCCCCCCCCCCCCCCCCCCCC. The number of phosphoric acid groups is 2. The Bertz CT molecular complexity index is 2070. The Kier molecular flexibility index (Phi) is 81.1. The molecule has 0 aromatic heterocycles. The van der Waals surface area contributed by atoms with E-state index < -0.39 is 97.5 Å². The van der Waals surface area contributed by atoms with Crippen LogP contribution in [0.3, 0.4) is 0 Å². The van der Waals surface area contributed by atoms with Gasteiger partial charge in [0.05, 0.1) is 26.4 Å². The van der Waals surface area contributed by atoms with Crippen LogP contribution in [-0.4, -0.2) is 96.7 Å². The summed E-state index contributed by atoms with van der Waals surface area (Å²) in [4.78, 5) is 73.3. The second kappa shape index (κ2) is 82.6. The van der Waals surface area contributed by atoms with Crippen molar-refractivity contribution >= 4 is 39.5 Å². The summed E-state index contributed by atoms with van der Waals surface area (Å²) in [7, 11) is -9.93. The first-order valence-electron chi connectivity index (χ1n) is 46.7. The van der Waals surface area contributed by atoms with Crippen molar-refractivity contribution in [1.82, 2.24) is 0 Å². The Labute approximate surface area is 670 Å². The largest absolute Gasteiger partial charge is 0.472 e. The van der Waals surface area contributed by atoms with Crippen molar-refractivity contribution in [2.24, 2.45) is 5.92 Å². The van der Waals surface area contributed by atoms with Crippen molar-refractivity contribution in [2.45, 2.75) is 509 Å². The lowest BCUT2D eigenvalue weighted by molar-refractivity contribution is -0.161. The quantitative estimate of drug-likeness (QED) is 0.0222. The van der Waals surface area contributed by atoms with Gasteiger partial charge in [-0.2, -0.15) is 0 Å². The average molecular weight is 1590 g/mol. The summed E-state index contributed by atoms with van der Waals surface area (Å²) in [6.45, 7) is 7.35. The second-order valence-corrected chi connectivity index (χ2v) is 35.5. The van der Waals surface area contributed by atoms with Crippen LogP contribution in [0.25, 0.3) is 0 Å². The van der Waals surface area contributed by atoms with Gasteiger partial charge < -0.3 is 33.8 Å². The van der Waals surface area contributed by atoms with Gasteiger partial charge in [-0.05, 0) is 31.6 Å². The monoisotopic (exact) mass is 1590 g/mol. The van der Waals surface area contributed by atoms with Gasteiger partial charge in [0.25, 0.3) is 0 Å². The van der Waals surface area contributed by atoms with E-state index in [4.69, 9.17) is 37.0 Å². The van der Waals surface area contributed by atoms with Crippen LogP contribution in [0.5, 0.6) is 0 Å². The third kappa shape index (κ3) is 82.4. The molecule has 0 aliphatic carbocycles. The van der Waals surface area contributed by atoms with E-state index in [0.717, 1.165) is 102 Å². The molecule has 0 aliphatic heterocycles. The van der Waals surface area contributed by atoms with Gasteiger partial charge in [0.1, 0.15) is 19.3 Å². The highest BCUT2D eigenvalue weighted by Gasteiger charge is 2.31. The Balaban J connectivity index is 5.21. The standard InChI is InChI=1S/C90H176O17P2/c1-6-10-13-16-19-22-25-28-31-34-36-38-40-43-45-48-51-54-57-63-68-73-87(92)100-79-85(106-89(94)75-70-66-59-56-53-50-47-44-41-39-37-35-32-29-26-23-20-17-14-11-7-2)81-104-108(96,97)102-77-84(91)78-103-109(98,99)105-82-86(80-101-88(93)74-69-64-61-60-62-67-72-83(5)9-4)107-90(95)76-71-65-58-55-52-49-46-42-33-30-27-24-21-18-15-12-8-3/h83-86,91H,6-82H2,1-5H3,(H,96,97)(H,98,99)/t83?,84-,85-,86-/m1/s1. The van der Waals surface area contributed by atoms with Crippen molar-refractivity contribution in [3.63, 3.8) is 0 Å². The molecule has 0 radical (unpaired) electrons. The summed E-state index contributed by atoms with van der Waals surface area (Å²) in [5, 5.41) is 10.7. The van der Waals surface area contributed by atoms with Crippen LogP contribution in [0.4, 0.5) is 0 Å². The van der Waals surface area contributed by atoms with Crippen LogP contribution in [-0.2, 0) is 65.4 Å². The number of aliphatic hydroxyl groups excluding tert-OH is 1. The molecule has 109 heavy (non-hydrogen) atoms. The molecular formula is C90H176O17P2. The topological polar surface area (TPSA) is 237 Å². The minimum Gasteiger partial charge on any atom is -0.462 e. The summed E-state index contributed by atoms with van der Waals surface area (Å²) in [5.74, 6) is -1.37. The van der Waals surface area contributed by atoms with Gasteiger partial charge in [0.2, 0.25) is 0 Å². The van der Waals surface area contributed by atoms with Crippen LogP contribution in [0.1, 0.15) is 490 Å². The molecular weight excluding hydrogens is 1410 g/mol. The molecule has 0 heterocycles. The Morgan fingerprint density at radius 3 is 0.651 bits per heavy atom. The van der Waals surface area contributed by atoms with E-state index >= 15 is 0 Å². The van der Waals surface area contributed by atoms with Gasteiger partial charge in [-0.1, -0.05) is 439 Å². The minimum atomic E-state index is -4.97. The zero-order chi connectivity index (χ0) is 79.7. The Hall–Kier alpha value is -1.94. The molecule has 0 saturated carbocycles. The predicted octanol–water partition coefficient (Wildman–Crippen LogP) is 27.9. The fourth-order valence-electron chi connectivity index (χ4n) is 14.1. The van der Waals surface area contributed by atoms with Crippen molar-refractivity contribution in [3.05, 3.63) is 0 Å². The summed E-state index contributed by atoms with van der Waals surface area (Å²) < 4.78 is 69.0. The highest BCUT2D eigenvalue weighted by atomic mass is 31.2. The molecule has 0 aromatic rings. The van der Waals surface area contributed by atoms with Gasteiger partial charge in [0.15, 0.2) is 12.2 Å². The Morgan fingerprint density at radius 2 is 0.440 bits per heavy atom. The number of unbranched alkanes of at least 4 members (excludes halogenated alkanes) is 61. The number of hydrogen-bond donors (Lipinski definition) is 3. The normalized spacial score (nSPS) is 13.9. The van der Waals surface area contributed by atoms with E-state index in [1.165, 1.54) is 308 Å². The molecule has 3 unspecified atom stereocenters. The lowest BCUT2D eigenvalue weighted by Crippen LogP contribution is -2.30. The molecule has 0 aliphatic rings. The first kappa shape index (κ1) is 107. The van der Waals surface area contributed by atoms with Gasteiger partial charge in [-0.25, -0.2) is 9.13 Å². The number of phosphoric ester groups is 2. The van der Waals surface area contributed by atoms with Gasteiger partial charge in [-0.3, -0.25) is 37.3 Å². The lowest BCUT2D eigenvalue weighted by Gasteiger charge is -2.21. The molecule has 0 rings (SSSR count). The maximum absolute atomic E-state index is 13.2. The van der Waals surface area contributed by atoms with Crippen molar-refractivity contribution < 1.29 is 80.2 Å². The molecule has 648 valence electrons. The third-order valence-electron chi connectivity index (χ3n) is 21.6. The van der Waals surface area contributed by atoms with E-state index in [9.17, 15) is 43.2 Å². The third-order valence-corrected chi connectivity index (χ3v) is 23.5. The van der Waals surface area contributed by atoms with Gasteiger partial charge in [0, 0.05) is 25.7 Å². The second-order valence-electron chi connectivity index (χ2n) is 32.6. The number of hydrogen-bond acceptors (Lipinski definition) is 15. The first-order chi connectivity index (χ1) is 53.1. The number of esters is 4. The van der Waals surface area contributed by atoms with Crippen molar-refractivity contribution in [2.75, 3.05) is 39.6 Å². The van der Waals surface area contributed by atoms with Crippen LogP contribution < -0.4 is 0 Å². The lowest BCUT2D eigenvalue weighted by atomic mass is 10.00. The maximum Gasteiger partial charge on any atom is 0.472 e. The molecule has 0 bridgehead atoms. The number of carbonyl (C=O) groups is 4. The van der Waals surface area contributed by atoms with E-state index in [1.54, 1.807) is 0 Å². The van der Waals surface area contributed by atoms with Crippen LogP contribution in [0.2, 0.25) is 0 Å². The fourth-order valence-corrected chi connectivity index (χ4v) is 15.7. The summed E-state index contributed by atoms with van der Waals surface area (Å²) in [6, 6.07) is 0. The number of rotatable bonds is 90. The van der Waals surface area contributed by atoms with Crippen LogP contribution in [0, 0.1) is 5.92 Å². The van der Waals surface area contributed by atoms with E-state index in [1.807, 2.05) is 0 Å². The molecule has 19 heteroatoms. The highest BCUT2D eigenvalue weighted by molar-refractivity contribution is 7.47. The number of ether oxygens (including phenoxy) is 4. The molecule has 3 N–H and O–H groups in total. The molecule has 17 nitrogen and oxygen atoms in total. The average Bonchev–Trinajstić information content (AvgIpc) is 0.901. The zero-order valence-corrected chi connectivity index (χ0v) is 73.5. The molecule has 0 saturated heterocycles. The van der Waals surface area contributed by atoms with Crippen molar-refractivity contribution in [1.29, 1.82) is 0 Å². The number of carbonyl (C=O) groups excluding carboxylic acids is 4. The van der Waals surface area contributed by atoms with E-state index in [2.05, 4.69) is 34.6 Å². The maximum atomic E-state index is 13.2. The van der Waals surface area contributed by atoms with E-state index in [0.29, 0.717) is 25.7 Å². The summed E-state index contributed by atoms with van der Waals surface area (Å²) >= 11 is 0. The van der Waals surface area contributed by atoms with E-state index in [-0.39, 0.29) is 25.7 Å². The van der Waals surface area contributed by atoms with Crippen molar-refractivity contribution in [3.8, 4) is 0 Å². The minimum absolute atomic E-state index is 0.108. The molecule has 6 atom stereocenters. The van der Waals surface area contributed by atoms with Gasteiger partial charge >= 0.3 is 39.5 Å². The van der Waals surface area contributed by atoms with Crippen LogP contribution >= 0.6 is 15.6 Å². The van der Waals surface area contributed by atoms with Gasteiger partial charge in [-0.15, -0.1) is 0 Å². The smallest absolute Gasteiger partial charge is 0.462 e. The summed E-state index contributed by atoms with van der Waals surface area (Å²) in [5.41, 5.74) is 0. The molecule has 0 amide bonds. The molecule has 0 fully saturated rings. The highest BCUT2D eigenvalue weighted by Crippen LogP contribution is 2.45. The number of aliphatic hydroxyl groups is 1. The first-order valence-corrected chi connectivity index (χ1v) is 49.7. The molecule has 0 aromatic carbocycles. The molecule has 0 spiro atoms. The fraction of sp³-hybridized carbons (Fsp3) is 0.956. The van der Waals surface area contributed by atoms with Crippen LogP contribution in [0.15, 0.2) is 0 Å². The Morgan fingerprint density at radius 1 is 0.257 bits per heavy atom. The predicted molar refractivity (Wildman–Crippen MR) is 451 cm³/mol.